The van der Waals surface area contributed by atoms with Crippen LogP contribution >= 0.6 is 0 Å². The van der Waals surface area contributed by atoms with Crippen molar-refractivity contribution in [3.8, 4) is 0 Å². The Morgan fingerprint density at radius 1 is 1.53 bits per heavy atom. The number of rotatable bonds is 6. The molecular weight excluding hydrogens is 210 g/mol. The lowest BCUT2D eigenvalue weighted by Crippen LogP contribution is -2.06. The molecule has 0 radical (unpaired) electrons. The lowest BCUT2D eigenvalue weighted by atomic mass is 10.1. The van der Waals surface area contributed by atoms with Crippen LogP contribution in [0.1, 0.15) is 32.5 Å². The SMILES string of the molecule is CC(C)CCCS(=O)Cc1nncn1C. The quantitative estimate of drug-likeness (QED) is 0.742. The van der Waals surface area contributed by atoms with Crippen LogP contribution in [0.15, 0.2) is 6.33 Å². The van der Waals surface area contributed by atoms with Crippen LogP contribution in [0.2, 0.25) is 0 Å². The lowest BCUT2D eigenvalue weighted by molar-refractivity contribution is 0.575. The average Bonchev–Trinajstić information content (AvgIpc) is 2.51. The van der Waals surface area contributed by atoms with Gasteiger partial charge in [0.2, 0.25) is 0 Å². The van der Waals surface area contributed by atoms with Crippen molar-refractivity contribution in [1.82, 2.24) is 14.8 Å². The summed E-state index contributed by atoms with van der Waals surface area (Å²) < 4.78 is 13.5. The van der Waals surface area contributed by atoms with Gasteiger partial charge in [0.25, 0.3) is 0 Å². The van der Waals surface area contributed by atoms with E-state index in [0.717, 1.165) is 24.4 Å². The van der Waals surface area contributed by atoms with Gasteiger partial charge < -0.3 is 4.57 Å². The van der Waals surface area contributed by atoms with E-state index in [1.807, 2.05) is 11.6 Å². The van der Waals surface area contributed by atoms with Crippen molar-refractivity contribution in [1.29, 1.82) is 0 Å². The van der Waals surface area contributed by atoms with E-state index in [-0.39, 0.29) is 0 Å². The Hall–Kier alpha value is -0.710. The standard InChI is InChI=1S/C10H19N3OS/c1-9(2)5-4-6-15(14)7-10-12-11-8-13(10)3/h8-9H,4-7H2,1-3H3. The normalized spacial score (nSPS) is 13.3. The Labute approximate surface area is 93.6 Å². The first-order valence-electron chi connectivity index (χ1n) is 5.27. The number of hydrogen-bond donors (Lipinski definition) is 0. The number of nitrogens with zero attached hydrogens (tertiary/aromatic N) is 3. The van der Waals surface area contributed by atoms with Crippen molar-refractivity contribution in [2.24, 2.45) is 13.0 Å². The van der Waals surface area contributed by atoms with E-state index in [9.17, 15) is 4.21 Å². The summed E-state index contributed by atoms with van der Waals surface area (Å²) in [5, 5.41) is 7.68. The van der Waals surface area contributed by atoms with Gasteiger partial charge in [0.05, 0.1) is 5.75 Å². The molecule has 5 heteroatoms. The first-order valence-corrected chi connectivity index (χ1v) is 6.76. The maximum atomic E-state index is 11.7. The summed E-state index contributed by atoms with van der Waals surface area (Å²) in [5.74, 6) is 2.79. The summed E-state index contributed by atoms with van der Waals surface area (Å²) in [6.07, 6.45) is 3.81. The molecule has 0 amide bonds. The monoisotopic (exact) mass is 229 g/mol. The van der Waals surface area contributed by atoms with Gasteiger partial charge in [-0.25, -0.2) is 0 Å². The predicted octanol–water partition coefficient (Wildman–Crippen LogP) is 1.50. The van der Waals surface area contributed by atoms with E-state index in [0.29, 0.717) is 11.7 Å². The fraction of sp³-hybridized carbons (Fsp3) is 0.800. The maximum absolute atomic E-state index is 11.7. The highest BCUT2D eigenvalue weighted by molar-refractivity contribution is 7.84. The average molecular weight is 229 g/mol. The minimum absolute atomic E-state index is 0.522. The molecule has 0 bridgehead atoms. The molecule has 86 valence electrons. The number of aryl methyl sites for hydroxylation is 1. The molecule has 0 spiro atoms. The molecule has 1 aromatic rings. The molecule has 1 aromatic heterocycles. The van der Waals surface area contributed by atoms with Crippen molar-refractivity contribution in [2.75, 3.05) is 5.75 Å². The lowest BCUT2D eigenvalue weighted by Gasteiger charge is -2.04. The van der Waals surface area contributed by atoms with E-state index in [2.05, 4.69) is 24.0 Å². The van der Waals surface area contributed by atoms with Crippen LogP contribution in [0, 0.1) is 5.92 Å². The number of hydrogen-bond acceptors (Lipinski definition) is 3. The van der Waals surface area contributed by atoms with Gasteiger partial charge >= 0.3 is 0 Å². The summed E-state index contributed by atoms with van der Waals surface area (Å²) >= 11 is 0. The van der Waals surface area contributed by atoms with Crippen LogP contribution < -0.4 is 0 Å². The van der Waals surface area contributed by atoms with E-state index < -0.39 is 10.8 Å². The molecule has 1 heterocycles. The Bertz CT molecular complexity index is 322. The molecule has 0 aliphatic carbocycles. The van der Waals surface area contributed by atoms with Gasteiger partial charge in [-0.2, -0.15) is 0 Å². The predicted molar refractivity (Wildman–Crippen MR) is 61.8 cm³/mol. The molecule has 15 heavy (non-hydrogen) atoms. The molecule has 1 rings (SSSR count). The van der Waals surface area contributed by atoms with Crippen LogP contribution in [0.25, 0.3) is 0 Å². The fourth-order valence-corrected chi connectivity index (χ4v) is 2.49. The third kappa shape index (κ3) is 4.55. The molecule has 0 saturated carbocycles. The van der Waals surface area contributed by atoms with Crippen molar-refractivity contribution in [3.63, 3.8) is 0 Å². The smallest absolute Gasteiger partial charge is 0.145 e. The molecule has 0 aromatic carbocycles. The molecule has 4 nitrogen and oxygen atoms in total. The number of aromatic nitrogens is 3. The highest BCUT2D eigenvalue weighted by Crippen LogP contribution is 2.06. The second kappa shape index (κ2) is 6.00. The Balaban J connectivity index is 2.28. The van der Waals surface area contributed by atoms with Crippen molar-refractivity contribution in [2.45, 2.75) is 32.4 Å². The van der Waals surface area contributed by atoms with E-state index in [4.69, 9.17) is 0 Å². The Kier molecular flexibility index (Phi) is 4.94. The zero-order chi connectivity index (χ0) is 11.3. The minimum Gasteiger partial charge on any atom is -0.320 e. The first-order chi connectivity index (χ1) is 7.09. The second-order valence-corrected chi connectivity index (χ2v) is 5.76. The third-order valence-electron chi connectivity index (χ3n) is 2.25. The highest BCUT2D eigenvalue weighted by Gasteiger charge is 2.06. The zero-order valence-corrected chi connectivity index (χ0v) is 10.5. The van der Waals surface area contributed by atoms with E-state index >= 15 is 0 Å². The van der Waals surface area contributed by atoms with Gasteiger partial charge in [0, 0.05) is 23.6 Å². The van der Waals surface area contributed by atoms with Crippen molar-refractivity contribution in [3.05, 3.63) is 12.2 Å². The van der Waals surface area contributed by atoms with Crippen molar-refractivity contribution < 1.29 is 4.21 Å². The molecule has 0 aliphatic rings. The Morgan fingerprint density at radius 2 is 2.27 bits per heavy atom. The van der Waals surface area contributed by atoms with Gasteiger partial charge in [-0.1, -0.05) is 20.3 Å². The molecule has 1 atom stereocenters. The molecule has 1 unspecified atom stereocenters. The fourth-order valence-electron chi connectivity index (χ4n) is 1.31. The summed E-state index contributed by atoms with van der Waals surface area (Å²) in [7, 11) is 1.08. The molecule has 0 aliphatic heterocycles. The topological polar surface area (TPSA) is 47.8 Å². The zero-order valence-electron chi connectivity index (χ0n) is 9.64. The van der Waals surface area contributed by atoms with Crippen LogP contribution in [-0.4, -0.2) is 24.7 Å². The first kappa shape index (κ1) is 12.4. The molecule has 0 saturated heterocycles. The molecule has 0 fully saturated rings. The highest BCUT2D eigenvalue weighted by atomic mass is 32.2. The van der Waals surface area contributed by atoms with Gasteiger partial charge in [0.15, 0.2) is 0 Å². The van der Waals surface area contributed by atoms with Gasteiger partial charge in [-0.15, -0.1) is 10.2 Å². The van der Waals surface area contributed by atoms with E-state index in [1.165, 1.54) is 0 Å². The van der Waals surface area contributed by atoms with Crippen LogP contribution in [0.3, 0.4) is 0 Å². The third-order valence-corrected chi connectivity index (χ3v) is 3.57. The van der Waals surface area contributed by atoms with Crippen molar-refractivity contribution >= 4 is 10.8 Å². The Morgan fingerprint density at radius 3 is 2.80 bits per heavy atom. The largest absolute Gasteiger partial charge is 0.320 e. The summed E-state index contributed by atoms with van der Waals surface area (Å²) in [6.45, 7) is 4.37. The molecule has 0 N–H and O–H groups in total. The summed E-state index contributed by atoms with van der Waals surface area (Å²) in [6, 6.07) is 0. The summed E-state index contributed by atoms with van der Waals surface area (Å²) in [4.78, 5) is 0. The minimum atomic E-state index is -0.799. The van der Waals surface area contributed by atoms with Gasteiger partial charge in [-0.3, -0.25) is 4.21 Å². The van der Waals surface area contributed by atoms with Gasteiger partial charge in [-0.05, 0) is 12.3 Å². The molecular formula is C10H19N3OS. The van der Waals surface area contributed by atoms with Crippen LogP contribution in [-0.2, 0) is 23.6 Å². The van der Waals surface area contributed by atoms with Gasteiger partial charge in [0.1, 0.15) is 12.2 Å². The maximum Gasteiger partial charge on any atom is 0.145 e. The van der Waals surface area contributed by atoms with Crippen LogP contribution in [0.4, 0.5) is 0 Å². The summed E-state index contributed by atoms with van der Waals surface area (Å²) in [5.41, 5.74) is 0. The van der Waals surface area contributed by atoms with E-state index in [1.54, 1.807) is 6.33 Å². The van der Waals surface area contributed by atoms with Crippen LogP contribution in [0.5, 0.6) is 0 Å². The second-order valence-electron chi connectivity index (χ2n) is 4.18.